The molecule has 0 bridgehead atoms. The molecule has 0 saturated heterocycles. The number of alkyl halides is 2. The number of phenolic OH excluding ortho intramolecular Hbond substituents is 1. The van der Waals surface area contributed by atoms with Gasteiger partial charge in [0.15, 0.2) is 5.56 Å². The Balaban J connectivity index is 0.00000220. The van der Waals surface area contributed by atoms with E-state index in [-0.39, 0.29) is 32.7 Å². The average molecular weight is 375 g/mol. The minimum absolute atomic E-state index is 0. The Kier molecular flexibility index (Phi) is 6.10. The molecule has 0 atom stereocenters. The predicted molar refractivity (Wildman–Crippen MR) is 62.6 cm³/mol. The first-order valence-electron chi connectivity index (χ1n) is 5.48. The van der Waals surface area contributed by atoms with E-state index in [2.05, 4.69) is 6.07 Å². The summed E-state index contributed by atoms with van der Waals surface area (Å²) in [4.78, 5) is 11.6. The topological polar surface area (TPSA) is 42.2 Å². The summed E-state index contributed by atoms with van der Waals surface area (Å²) >= 11 is 0. The molecule has 0 amide bonds. The first kappa shape index (κ1) is 17.8. The standard InChI is InChI=1S/C13H8F4NO2.Y/c14-8-4-7(19)5-9(15)13(8)10-2-1-3-12(20)18(10)6-11(16)17;/h1,3-5,11,19H,6H2;/q-1;. The van der Waals surface area contributed by atoms with Gasteiger partial charge in [-0.3, -0.25) is 4.79 Å². The van der Waals surface area contributed by atoms with Gasteiger partial charge in [0.1, 0.15) is 5.75 Å². The smallest absolute Gasteiger partial charge is 0.256 e. The van der Waals surface area contributed by atoms with Crippen LogP contribution < -0.4 is 5.56 Å². The molecule has 1 radical (unpaired) electrons. The summed E-state index contributed by atoms with van der Waals surface area (Å²) in [6.07, 6.45) is -2.87. The Bertz CT molecular complexity index is 680. The Morgan fingerprint density at radius 2 is 1.81 bits per heavy atom. The van der Waals surface area contributed by atoms with Crippen molar-refractivity contribution < 1.29 is 55.4 Å². The first-order valence-corrected chi connectivity index (χ1v) is 5.48. The van der Waals surface area contributed by atoms with Crippen LogP contribution in [0.25, 0.3) is 11.3 Å². The van der Waals surface area contributed by atoms with Crippen LogP contribution in [0.2, 0.25) is 0 Å². The zero-order valence-electron chi connectivity index (χ0n) is 10.5. The fraction of sp³-hybridized carbons (Fsp3) is 0.154. The summed E-state index contributed by atoms with van der Waals surface area (Å²) in [6, 6.07) is 5.66. The van der Waals surface area contributed by atoms with Gasteiger partial charge in [0.2, 0.25) is 0 Å². The van der Waals surface area contributed by atoms with E-state index in [1.807, 2.05) is 0 Å². The van der Waals surface area contributed by atoms with E-state index in [4.69, 9.17) is 5.11 Å². The number of rotatable bonds is 3. The molecule has 0 aliphatic heterocycles. The van der Waals surface area contributed by atoms with Gasteiger partial charge in [0, 0.05) is 44.8 Å². The van der Waals surface area contributed by atoms with Gasteiger partial charge in [-0.25, -0.2) is 17.6 Å². The maximum absolute atomic E-state index is 13.7. The molecular formula is C13H8F4NO2Y-. The van der Waals surface area contributed by atoms with E-state index in [0.717, 1.165) is 12.1 Å². The van der Waals surface area contributed by atoms with Gasteiger partial charge in [-0.1, -0.05) is 11.8 Å². The summed E-state index contributed by atoms with van der Waals surface area (Å²) in [5.74, 6) is -3.00. The summed E-state index contributed by atoms with van der Waals surface area (Å²) in [5.41, 5.74) is -1.96. The van der Waals surface area contributed by atoms with Crippen molar-refractivity contribution in [2.75, 3.05) is 0 Å². The van der Waals surface area contributed by atoms with Gasteiger partial charge in [-0.2, -0.15) is 12.1 Å². The van der Waals surface area contributed by atoms with Gasteiger partial charge in [0.25, 0.3) is 6.43 Å². The number of nitrogens with zero attached hydrogens (tertiary/aromatic N) is 1. The van der Waals surface area contributed by atoms with Crippen LogP contribution in [0.15, 0.2) is 29.1 Å². The molecule has 1 N–H and O–H groups in total. The third kappa shape index (κ3) is 3.92. The van der Waals surface area contributed by atoms with Crippen LogP contribution in [0.3, 0.4) is 0 Å². The van der Waals surface area contributed by atoms with Gasteiger partial charge in [0.05, 0.1) is 18.2 Å². The Morgan fingerprint density at radius 3 is 2.33 bits per heavy atom. The number of aromatic hydroxyl groups is 1. The van der Waals surface area contributed by atoms with Crippen LogP contribution >= 0.6 is 0 Å². The zero-order valence-corrected chi connectivity index (χ0v) is 13.3. The molecule has 0 unspecified atom stereocenters. The number of aromatic nitrogens is 1. The van der Waals surface area contributed by atoms with Gasteiger partial charge in [-0.15, -0.1) is 0 Å². The number of hydrogen-bond donors (Lipinski definition) is 1. The van der Waals surface area contributed by atoms with Crippen molar-refractivity contribution in [3.05, 3.63) is 52.3 Å². The quantitative estimate of drug-likeness (QED) is 0.662. The van der Waals surface area contributed by atoms with Crippen LogP contribution in [0.4, 0.5) is 17.6 Å². The first-order chi connectivity index (χ1) is 9.40. The van der Waals surface area contributed by atoms with Crippen LogP contribution in [0.5, 0.6) is 5.75 Å². The van der Waals surface area contributed by atoms with Crippen molar-refractivity contribution in [3.8, 4) is 17.0 Å². The molecule has 1 heterocycles. The SMILES string of the molecule is O=c1cc[c-]c(-c2c(F)cc(O)cc2F)n1CC(F)F.[Y]. The van der Waals surface area contributed by atoms with Crippen molar-refractivity contribution in [3.63, 3.8) is 0 Å². The molecule has 109 valence electrons. The molecule has 21 heavy (non-hydrogen) atoms. The van der Waals surface area contributed by atoms with Crippen LogP contribution in [-0.2, 0) is 39.3 Å². The largest absolute Gasteiger partial charge is 0.508 e. The van der Waals surface area contributed by atoms with Crippen molar-refractivity contribution in [1.29, 1.82) is 0 Å². The number of benzene rings is 1. The van der Waals surface area contributed by atoms with Crippen molar-refractivity contribution in [1.82, 2.24) is 4.57 Å². The maximum Gasteiger partial charge on any atom is 0.256 e. The molecular weight excluding hydrogens is 367 g/mol. The molecule has 0 aliphatic carbocycles. The van der Waals surface area contributed by atoms with Crippen molar-refractivity contribution in [2.45, 2.75) is 13.0 Å². The second-order valence-electron chi connectivity index (χ2n) is 3.95. The molecule has 0 aliphatic rings. The minimum atomic E-state index is -2.87. The number of phenols is 1. The summed E-state index contributed by atoms with van der Waals surface area (Å²) in [6.45, 7) is -1.01. The van der Waals surface area contributed by atoms with Crippen molar-refractivity contribution >= 4 is 0 Å². The summed E-state index contributed by atoms with van der Waals surface area (Å²) < 4.78 is 52.9. The molecule has 0 fully saturated rings. The normalized spacial score (nSPS) is 10.5. The number of hydrogen-bond acceptors (Lipinski definition) is 2. The molecule has 1 aromatic carbocycles. The van der Waals surface area contributed by atoms with Gasteiger partial charge < -0.3 is 9.67 Å². The third-order valence-electron chi connectivity index (χ3n) is 2.57. The van der Waals surface area contributed by atoms with E-state index in [1.165, 1.54) is 0 Å². The van der Waals surface area contributed by atoms with Gasteiger partial charge >= 0.3 is 0 Å². The van der Waals surface area contributed by atoms with E-state index in [1.54, 1.807) is 0 Å². The monoisotopic (exact) mass is 375 g/mol. The molecule has 0 saturated carbocycles. The molecule has 2 rings (SSSR count). The molecule has 0 spiro atoms. The Hall–Kier alpha value is -1.21. The average Bonchev–Trinajstić information content (AvgIpc) is 2.31. The van der Waals surface area contributed by atoms with Crippen LogP contribution in [0.1, 0.15) is 0 Å². The van der Waals surface area contributed by atoms with E-state index in [0.29, 0.717) is 16.7 Å². The molecule has 2 aromatic rings. The maximum atomic E-state index is 13.7. The Labute approximate surface area is 142 Å². The van der Waals surface area contributed by atoms with Crippen LogP contribution in [-0.4, -0.2) is 16.1 Å². The molecule has 3 nitrogen and oxygen atoms in total. The summed E-state index contributed by atoms with van der Waals surface area (Å²) in [7, 11) is 0. The number of halogens is 4. The molecule has 1 aromatic heterocycles. The zero-order chi connectivity index (χ0) is 14.9. The number of pyridine rings is 1. The van der Waals surface area contributed by atoms with E-state index in [9.17, 15) is 22.4 Å². The van der Waals surface area contributed by atoms with Gasteiger partial charge in [-0.05, 0) is 5.56 Å². The van der Waals surface area contributed by atoms with Crippen LogP contribution in [0, 0.1) is 17.7 Å². The predicted octanol–water partition coefficient (Wildman–Crippen LogP) is 2.56. The Morgan fingerprint density at radius 1 is 1.24 bits per heavy atom. The van der Waals surface area contributed by atoms with E-state index >= 15 is 0 Å². The second kappa shape index (κ2) is 7.18. The third-order valence-corrected chi connectivity index (χ3v) is 2.57. The van der Waals surface area contributed by atoms with E-state index < -0.39 is 47.2 Å². The summed E-state index contributed by atoms with van der Waals surface area (Å²) in [5, 5.41) is 9.06. The molecule has 8 heteroatoms. The second-order valence-corrected chi connectivity index (χ2v) is 3.95. The van der Waals surface area contributed by atoms with Crippen molar-refractivity contribution in [2.24, 2.45) is 0 Å². The minimum Gasteiger partial charge on any atom is -0.508 e. The fourth-order valence-corrected chi connectivity index (χ4v) is 1.78. The fourth-order valence-electron chi connectivity index (χ4n) is 1.78.